The van der Waals surface area contributed by atoms with Gasteiger partial charge < -0.3 is 10.6 Å². The first-order chi connectivity index (χ1) is 11.3. The number of carbonyl (C=O) groups excluding carboxylic acids is 1. The molecule has 0 saturated carbocycles. The fourth-order valence-corrected chi connectivity index (χ4v) is 2.61. The number of hydrogen-bond donors (Lipinski definition) is 2. The molecule has 0 unspecified atom stereocenters. The second-order valence-electron chi connectivity index (χ2n) is 5.82. The Kier molecular flexibility index (Phi) is 5.62. The zero-order chi connectivity index (χ0) is 17.7. The highest BCUT2D eigenvalue weighted by Gasteiger charge is 2.23. The molecular weight excluding hydrogens is 324 g/mol. The third-order valence-electron chi connectivity index (χ3n) is 3.85. The third-order valence-corrected chi connectivity index (χ3v) is 5.35. The minimum absolute atomic E-state index is 0.150. The third kappa shape index (κ3) is 4.83. The summed E-state index contributed by atoms with van der Waals surface area (Å²) in [7, 11) is -3.40. The van der Waals surface area contributed by atoms with Gasteiger partial charge in [-0.25, -0.2) is 8.42 Å². The van der Waals surface area contributed by atoms with Gasteiger partial charge in [0.15, 0.2) is 9.84 Å². The highest BCUT2D eigenvalue weighted by atomic mass is 32.2. The number of carbonyl (C=O) groups is 1. The van der Waals surface area contributed by atoms with Gasteiger partial charge in [-0.05, 0) is 43.7 Å². The van der Waals surface area contributed by atoms with E-state index in [0.29, 0.717) is 5.69 Å². The summed E-state index contributed by atoms with van der Waals surface area (Å²) >= 11 is 0. The van der Waals surface area contributed by atoms with Crippen molar-refractivity contribution in [2.45, 2.75) is 25.1 Å². The lowest BCUT2D eigenvalue weighted by Gasteiger charge is -2.16. The van der Waals surface area contributed by atoms with Crippen LogP contribution in [0.25, 0.3) is 0 Å². The molecule has 0 aromatic heterocycles. The quantitative estimate of drug-likeness (QED) is 0.842. The fourth-order valence-electron chi connectivity index (χ4n) is 2.16. The molecular formula is C18H22N2O3S. The maximum absolute atomic E-state index is 11.9. The van der Waals surface area contributed by atoms with Crippen molar-refractivity contribution < 1.29 is 13.2 Å². The van der Waals surface area contributed by atoms with Gasteiger partial charge in [0.1, 0.15) is 5.25 Å². The van der Waals surface area contributed by atoms with Gasteiger partial charge in [-0.15, -0.1) is 0 Å². The Morgan fingerprint density at radius 2 is 1.46 bits per heavy atom. The zero-order valence-corrected chi connectivity index (χ0v) is 14.8. The van der Waals surface area contributed by atoms with E-state index in [1.807, 2.05) is 30.3 Å². The van der Waals surface area contributed by atoms with Crippen LogP contribution in [-0.2, 0) is 14.6 Å². The molecule has 2 aromatic carbocycles. The second kappa shape index (κ2) is 7.49. The highest BCUT2D eigenvalue weighted by Crippen LogP contribution is 2.20. The van der Waals surface area contributed by atoms with E-state index >= 15 is 0 Å². The fraction of sp³-hybridized carbons (Fsp3) is 0.278. The molecule has 128 valence electrons. The molecule has 0 aliphatic rings. The van der Waals surface area contributed by atoms with Crippen LogP contribution >= 0.6 is 0 Å². The summed E-state index contributed by atoms with van der Waals surface area (Å²) in [6, 6.07) is 17.4. The van der Waals surface area contributed by atoms with Crippen LogP contribution in [0.5, 0.6) is 0 Å². The standard InChI is InChI=1S/C18H22N2O3S/c1-13(15-7-5-4-6-8-15)19-16-9-11-17(12-10-16)20-18(21)14(2)24(3,22)23/h4-14,19H,1-3H3,(H,20,21)/t13-,14-/m1/s1. The van der Waals surface area contributed by atoms with E-state index in [2.05, 4.69) is 29.7 Å². The minimum Gasteiger partial charge on any atom is -0.379 e. The predicted octanol–water partition coefficient (Wildman–Crippen LogP) is 3.23. The first-order valence-corrected chi connectivity index (χ1v) is 9.64. The summed E-state index contributed by atoms with van der Waals surface area (Å²) in [4.78, 5) is 11.9. The number of amides is 1. The van der Waals surface area contributed by atoms with Crippen LogP contribution in [0.15, 0.2) is 54.6 Å². The molecule has 2 aromatic rings. The van der Waals surface area contributed by atoms with Gasteiger partial charge in [0, 0.05) is 23.7 Å². The lowest BCUT2D eigenvalue weighted by Crippen LogP contribution is -2.31. The molecule has 0 heterocycles. The van der Waals surface area contributed by atoms with Crippen molar-refractivity contribution >= 4 is 27.1 Å². The van der Waals surface area contributed by atoms with Gasteiger partial charge in [-0.2, -0.15) is 0 Å². The van der Waals surface area contributed by atoms with Crippen LogP contribution in [0.3, 0.4) is 0 Å². The van der Waals surface area contributed by atoms with Crippen molar-refractivity contribution in [3.63, 3.8) is 0 Å². The zero-order valence-electron chi connectivity index (χ0n) is 14.0. The topological polar surface area (TPSA) is 75.3 Å². The molecule has 5 nitrogen and oxygen atoms in total. The van der Waals surface area contributed by atoms with E-state index in [0.717, 1.165) is 11.9 Å². The SMILES string of the molecule is C[C@H](C(=O)Nc1ccc(N[C@H](C)c2ccccc2)cc1)S(C)(=O)=O. The van der Waals surface area contributed by atoms with Crippen molar-refractivity contribution in [3.05, 3.63) is 60.2 Å². The molecule has 0 radical (unpaired) electrons. The number of benzene rings is 2. The van der Waals surface area contributed by atoms with Crippen molar-refractivity contribution in [1.82, 2.24) is 0 Å². The smallest absolute Gasteiger partial charge is 0.242 e. The molecule has 0 aliphatic heterocycles. The van der Waals surface area contributed by atoms with Gasteiger partial charge in [0.25, 0.3) is 0 Å². The number of hydrogen-bond acceptors (Lipinski definition) is 4. The molecule has 6 heteroatoms. The number of anilines is 2. The van der Waals surface area contributed by atoms with Crippen LogP contribution in [-0.4, -0.2) is 25.8 Å². The Morgan fingerprint density at radius 3 is 2.00 bits per heavy atom. The Bertz CT molecular complexity index is 787. The second-order valence-corrected chi connectivity index (χ2v) is 8.18. The van der Waals surface area contributed by atoms with Crippen LogP contribution in [0, 0.1) is 0 Å². The Balaban J connectivity index is 1.99. The first-order valence-electron chi connectivity index (χ1n) is 7.68. The summed E-state index contributed by atoms with van der Waals surface area (Å²) in [6.45, 7) is 3.45. The van der Waals surface area contributed by atoms with Crippen LogP contribution in [0.2, 0.25) is 0 Å². The van der Waals surface area contributed by atoms with Crippen molar-refractivity contribution in [2.24, 2.45) is 0 Å². The predicted molar refractivity (Wildman–Crippen MR) is 97.9 cm³/mol. The molecule has 2 atom stereocenters. The van der Waals surface area contributed by atoms with Gasteiger partial charge in [0.05, 0.1) is 0 Å². The normalized spacial score (nSPS) is 13.8. The van der Waals surface area contributed by atoms with Crippen molar-refractivity contribution in [2.75, 3.05) is 16.9 Å². The molecule has 2 rings (SSSR count). The summed E-state index contributed by atoms with van der Waals surface area (Å²) in [5, 5.41) is 4.92. The largest absolute Gasteiger partial charge is 0.379 e. The van der Waals surface area contributed by atoms with Crippen LogP contribution < -0.4 is 10.6 Å². The van der Waals surface area contributed by atoms with Crippen LogP contribution in [0.4, 0.5) is 11.4 Å². The van der Waals surface area contributed by atoms with Crippen molar-refractivity contribution in [1.29, 1.82) is 0 Å². The van der Waals surface area contributed by atoms with E-state index in [1.54, 1.807) is 12.1 Å². The summed E-state index contributed by atoms with van der Waals surface area (Å²) in [6.07, 6.45) is 1.05. The molecule has 24 heavy (non-hydrogen) atoms. The molecule has 0 saturated heterocycles. The lowest BCUT2D eigenvalue weighted by atomic mass is 10.1. The van der Waals surface area contributed by atoms with Gasteiger partial charge >= 0.3 is 0 Å². The Morgan fingerprint density at radius 1 is 0.917 bits per heavy atom. The average Bonchev–Trinajstić information content (AvgIpc) is 2.55. The molecule has 2 N–H and O–H groups in total. The first kappa shape index (κ1) is 18.0. The monoisotopic (exact) mass is 346 g/mol. The number of rotatable bonds is 6. The van der Waals surface area contributed by atoms with E-state index in [9.17, 15) is 13.2 Å². The minimum atomic E-state index is -3.40. The summed E-state index contributed by atoms with van der Waals surface area (Å²) in [5.41, 5.74) is 2.66. The molecule has 1 amide bonds. The lowest BCUT2D eigenvalue weighted by molar-refractivity contribution is -0.115. The Labute approximate surface area is 143 Å². The summed E-state index contributed by atoms with van der Waals surface area (Å²) < 4.78 is 22.8. The van der Waals surface area contributed by atoms with E-state index in [-0.39, 0.29) is 6.04 Å². The number of nitrogens with one attached hydrogen (secondary N) is 2. The van der Waals surface area contributed by atoms with Gasteiger partial charge in [-0.3, -0.25) is 4.79 Å². The van der Waals surface area contributed by atoms with E-state index < -0.39 is 21.0 Å². The van der Waals surface area contributed by atoms with Crippen molar-refractivity contribution in [3.8, 4) is 0 Å². The van der Waals surface area contributed by atoms with Gasteiger partial charge in [-0.1, -0.05) is 30.3 Å². The van der Waals surface area contributed by atoms with E-state index in [1.165, 1.54) is 12.5 Å². The van der Waals surface area contributed by atoms with Crippen LogP contribution in [0.1, 0.15) is 25.5 Å². The maximum Gasteiger partial charge on any atom is 0.242 e. The average molecular weight is 346 g/mol. The molecule has 0 aliphatic carbocycles. The van der Waals surface area contributed by atoms with Gasteiger partial charge in [0.2, 0.25) is 5.91 Å². The summed E-state index contributed by atoms with van der Waals surface area (Å²) in [5.74, 6) is -0.532. The maximum atomic E-state index is 11.9. The van der Waals surface area contributed by atoms with E-state index in [4.69, 9.17) is 0 Å². The highest BCUT2D eigenvalue weighted by molar-refractivity contribution is 7.92. The molecule has 0 fully saturated rings. The Hall–Kier alpha value is -2.34. The number of sulfone groups is 1. The molecule has 0 bridgehead atoms. The molecule has 0 spiro atoms.